The van der Waals surface area contributed by atoms with Crippen LogP contribution < -0.4 is 10.9 Å². The number of rotatable bonds is 3. The van der Waals surface area contributed by atoms with Crippen LogP contribution in [0.3, 0.4) is 0 Å². The first-order valence-electron chi connectivity index (χ1n) is 6.53. The summed E-state index contributed by atoms with van der Waals surface area (Å²) in [6.07, 6.45) is 0. The lowest BCUT2D eigenvalue weighted by atomic mass is 10.1. The molecule has 1 aromatic carbocycles. The van der Waals surface area contributed by atoms with E-state index in [-0.39, 0.29) is 11.6 Å². The third-order valence-corrected chi connectivity index (χ3v) is 4.54. The second-order valence-electron chi connectivity index (χ2n) is 4.87. The van der Waals surface area contributed by atoms with Crippen molar-refractivity contribution in [2.75, 3.05) is 5.32 Å². The van der Waals surface area contributed by atoms with Crippen molar-refractivity contribution in [3.63, 3.8) is 0 Å². The molecule has 3 rings (SSSR count). The Morgan fingerprint density at radius 3 is 2.82 bits per heavy atom. The Balaban J connectivity index is 1.92. The maximum atomic E-state index is 11.9. The molecule has 0 radical (unpaired) electrons. The molecular formula is C14H12Cl2N4OS. The molecule has 0 bridgehead atoms. The minimum absolute atomic E-state index is 0.0814. The van der Waals surface area contributed by atoms with Crippen LogP contribution in [0, 0.1) is 6.92 Å². The van der Waals surface area contributed by atoms with E-state index < -0.39 is 0 Å². The van der Waals surface area contributed by atoms with Gasteiger partial charge < -0.3 is 5.32 Å². The minimum atomic E-state index is -0.191. The Hall–Kier alpha value is -1.63. The van der Waals surface area contributed by atoms with Crippen LogP contribution in [-0.4, -0.2) is 14.6 Å². The van der Waals surface area contributed by atoms with E-state index in [1.54, 1.807) is 19.1 Å². The Bertz CT molecular complexity index is 905. The largest absolute Gasteiger partial charge is 0.354 e. The molecule has 8 heteroatoms. The van der Waals surface area contributed by atoms with Gasteiger partial charge in [-0.1, -0.05) is 40.6 Å². The second kappa shape index (κ2) is 5.87. The molecule has 0 aliphatic rings. The van der Waals surface area contributed by atoms with Gasteiger partial charge in [-0.15, -0.1) is 5.10 Å². The molecular weight excluding hydrogens is 343 g/mol. The third-order valence-electron chi connectivity index (χ3n) is 3.14. The summed E-state index contributed by atoms with van der Waals surface area (Å²) >= 11 is 13.4. The van der Waals surface area contributed by atoms with Gasteiger partial charge in [-0.25, -0.2) is 4.98 Å². The van der Waals surface area contributed by atoms with Gasteiger partial charge in [0.05, 0.1) is 6.04 Å². The van der Waals surface area contributed by atoms with Crippen LogP contribution in [0.1, 0.15) is 24.2 Å². The predicted molar refractivity (Wildman–Crippen MR) is 90.4 cm³/mol. The molecule has 2 heterocycles. The van der Waals surface area contributed by atoms with Gasteiger partial charge in [-0.3, -0.25) is 4.79 Å². The van der Waals surface area contributed by atoms with Crippen molar-refractivity contribution in [3.8, 4) is 0 Å². The predicted octanol–water partition coefficient (Wildman–Crippen LogP) is 3.94. The maximum Gasteiger partial charge on any atom is 0.275 e. The molecule has 3 aromatic rings. The summed E-state index contributed by atoms with van der Waals surface area (Å²) in [5, 5.41) is 9.26. The van der Waals surface area contributed by atoms with E-state index in [2.05, 4.69) is 15.4 Å². The van der Waals surface area contributed by atoms with Gasteiger partial charge in [0.15, 0.2) is 0 Å². The fourth-order valence-corrected chi connectivity index (χ4v) is 3.60. The standard InChI is InChI=1S/C14H12Cl2N4OS/c1-7-5-12(21)20-14(17-7)22-13(19-20)18-8(2)10-4-3-9(15)6-11(10)16/h3-6,8H,1-2H3,(H,18,19). The summed E-state index contributed by atoms with van der Waals surface area (Å²) in [4.78, 5) is 16.7. The zero-order valence-corrected chi connectivity index (χ0v) is 14.1. The Morgan fingerprint density at radius 1 is 1.32 bits per heavy atom. The number of hydrogen-bond donors (Lipinski definition) is 1. The van der Waals surface area contributed by atoms with E-state index >= 15 is 0 Å². The van der Waals surface area contributed by atoms with Crippen LogP contribution in [0.2, 0.25) is 10.0 Å². The molecule has 114 valence electrons. The molecule has 5 nitrogen and oxygen atoms in total. The zero-order valence-electron chi connectivity index (χ0n) is 11.8. The van der Waals surface area contributed by atoms with Crippen molar-refractivity contribution in [1.29, 1.82) is 0 Å². The minimum Gasteiger partial charge on any atom is -0.354 e. The summed E-state index contributed by atoms with van der Waals surface area (Å²) < 4.78 is 1.29. The first kappa shape index (κ1) is 15.3. The second-order valence-corrected chi connectivity index (χ2v) is 6.67. The molecule has 0 saturated heterocycles. The first-order valence-corrected chi connectivity index (χ1v) is 8.10. The number of anilines is 1. The zero-order chi connectivity index (χ0) is 15.9. The average Bonchev–Trinajstić information content (AvgIpc) is 2.81. The fraction of sp³-hybridized carbons (Fsp3) is 0.214. The van der Waals surface area contributed by atoms with E-state index in [0.717, 1.165) is 5.56 Å². The number of hydrogen-bond acceptors (Lipinski definition) is 5. The van der Waals surface area contributed by atoms with E-state index in [9.17, 15) is 4.79 Å². The van der Waals surface area contributed by atoms with Gasteiger partial charge in [0.2, 0.25) is 10.1 Å². The molecule has 2 aromatic heterocycles. The molecule has 1 atom stereocenters. The number of benzene rings is 1. The number of nitrogens with one attached hydrogen (secondary N) is 1. The van der Waals surface area contributed by atoms with Crippen LogP contribution >= 0.6 is 34.5 Å². The van der Waals surface area contributed by atoms with Gasteiger partial charge >= 0.3 is 0 Å². The highest BCUT2D eigenvalue weighted by Crippen LogP contribution is 2.29. The Kier molecular flexibility index (Phi) is 4.08. The molecule has 0 fully saturated rings. The van der Waals surface area contributed by atoms with E-state index in [0.29, 0.717) is 25.8 Å². The van der Waals surface area contributed by atoms with Crippen molar-refractivity contribution in [1.82, 2.24) is 14.6 Å². The van der Waals surface area contributed by atoms with Crippen LogP contribution in [-0.2, 0) is 0 Å². The Labute approximate surface area is 140 Å². The lowest BCUT2D eigenvalue weighted by molar-refractivity contribution is 0.845. The van der Waals surface area contributed by atoms with Gasteiger partial charge in [-0.05, 0) is 31.5 Å². The number of nitrogens with zero attached hydrogens (tertiary/aromatic N) is 3. The molecule has 22 heavy (non-hydrogen) atoms. The fourth-order valence-electron chi connectivity index (χ4n) is 2.09. The van der Waals surface area contributed by atoms with Gasteiger partial charge in [0.25, 0.3) is 5.56 Å². The SMILES string of the molecule is Cc1cc(=O)n2nc(NC(C)c3ccc(Cl)cc3Cl)sc2n1. The number of aromatic nitrogens is 3. The summed E-state index contributed by atoms with van der Waals surface area (Å²) in [5.74, 6) is 0. The van der Waals surface area contributed by atoms with Crippen molar-refractivity contribution in [3.05, 3.63) is 55.9 Å². The quantitative estimate of drug-likeness (QED) is 0.773. The lowest BCUT2D eigenvalue weighted by Gasteiger charge is -2.14. The highest BCUT2D eigenvalue weighted by molar-refractivity contribution is 7.20. The maximum absolute atomic E-state index is 11.9. The van der Waals surface area contributed by atoms with Crippen molar-refractivity contribution in [2.45, 2.75) is 19.9 Å². The number of aryl methyl sites for hydroxylation is 1. The molecule has 0 aliphatic heterocycles. The topological polar surface area (TPSA) is 59.3 Å². The van der Waals surface area contributed by atoms with E-state index in [4.69, 9.17) is 23.2 Å². The average molecular weight is 355 g/mol. The lowest BCUT2D eigenvalue weighted by Crippen LogP contribution is -2.15. The normalized spacial score (nSPS) is 12.5. The van der Waals surface area contributed by atoms with Crippen LogP contribution in [0.4, 0.5) is 5.13 Å². The molecule has 0 amide bonds. The van der Waals surface area contributed by atoms with Crippen LogP contribution in [0.25, 0.3) is 4.96 Å². The monoisotopic (exact) mass is 354 g/mol. The molecule has 0 aliphatic carbocycles. The third kappa shape index (κ3) is 2.95. The van der Waals surface area contributed by atoms with Gasteiger partial charge in [-0.2, -0.15) is 4.52 Å². The first-order chi connectivity index (χ1) is 10.4. The van der Waals surface area contributed by atoms with Crippen molar-refractivity contribution in [2.24, 2.45) is 0 Å². The Morgan fingerprint density at radius 2 is 2.09 bits per heavy atom. The summed E-state index contributed by atoms with van der Waals surface area (Å²) in [6.45, 7) is 3.74. The van der Waals surface area contributed by atoms with Gasteiger partial charge in [0, 0.05) is 21.8 Å². The van der Waals surface area contributed by atoms with Crippen molar-refractivity contribution < 1.29 is 0 Å². The van der Waals surface area contributed by atoms with Crippen molar-refractivity contribution >= 4 is 44.6 Å². The number of fused-ring (bicyclic) bond motifs is 1. The van der Waals surface area contributed by atoms with E-state index in [1.165, 1.54) is 21.9 Å². The molecule has 0 saturated carbocycles. The number of halogens is 2. The molecule has 1 N–H and O–H groups in total. The summed E-state index contributed by atoms with van der Waals surface area (Å²) in [5.41, 5.74) is 1.39. The molecule has 0 spiro atoms. The highest BCUT2D eigenvalue weighted by atomic mass is 35.5. The molecule has 1 unspecified atom stereocenters. The van der Waals surface area contributed by atoms with E-state index in [1.807, 2.05) is 13.0 Å². The highest BCUT2D eigenvalue weighted by Gasteiger charge is 2.13. The van der Waals surface area contributed by atoms with Crippen LogP contribution in [0.5, 0.6) is 0 Å². The van der Waals surface area contributed by atoms with Crippen LogP contribution in [0.15, 0.2) is 29.1 Å². The summed E-state index contributed by atoms with van der Waals surface area (Å²) in [6, 6.07) is 6.72. The smallest absolute Gasteiger partial charge is 0.275 e. The van der Waals surface area contributed by atoms with Gasteiger partial charge in [0.1, 0.15) is 0 Å². The summed E-state index contributed by atoms with van der Waals surface area (Å²) in [7, 11) is 0.